The molecular formula is C16H22N2O2. The minimum Gasteiger partial charge on any atom is -0.393 e. The maximum atomic E-state index is 12.0. The third kappa shape index (κ3) is 3.61. The average Bonchev–Trinajstić information content (AvgIpc) is 2.85. The van der Waals surface area contributed by atoms with Crippen LogP contribution in [0.5, 0.6) is 0 Å². The predicted molar refractivity (Wildman–Crippen MR) is 80.6 cm³/mol. The van der Waals surface area contributed by atoms with Crippen molar-refractivity contribution in [3.63, 3.8) is 0 Å². The molecular weight excluding hydrogens is 252 g/mol. The second-order valence-corrected chi connectivity index (χ2v) is 5.31. The Kier molecular flexibility index (Phi) is 4.79. The Morgan fingerprint density at radius 1 is 1.40 bits per heavy atom. The van der Waals surface area contributed by atoms with Crippen LogP contribution in [-0.4, -0.2) is 40.6 Å². The van der Waals surface area contributed by atoms with Crippen LogP contribution in [-0.2, 0) is 11.2 Å². The van der Waals surface area contributed by atoms with Crippen molar-refractivity contribution in [2.75, 3.05) is 13.6 Å². The van der Waals surface area contributed by atoms with Crippen molar-refractivity contribution in [1.82, 2.24) is 9.88 Å². The first-order valence-electron chi connectivity index (χ1n) is 7.05. The molecule has 1 atom stereocenters. The molecule has 0 aliphatic heterocycles. The number of aliphatic hydroxyl groups excluding tert-OH is 1. The van der Waals surface area contributed by atoms with Gasteiger partial charge < -0.3 is 15.0 Å². The van der Waals surface area contributed by atoms with Crippen LogP contribution < -0.4 is 0 Å². The van der Waals surface area contributed by atoms with Gasteiger partial charge in [-0.05, 0) is 31.4 Å². The first kappa shape index (κ1) is 14.6. The standard InChI is InChI=1S/C16H22N2O2/c1-12(19)9-10-18(2)16(20)8-7-13-11-17-15-6-4-3-5-14(13)15/h3-6,11-12,17,19H,7-10H2,1-2H3. The summed E-state index contributed by atoms with van der Waals surface area (Å²) in [7, 11) is 1.79. The molecule has 2 rings (SSSR count). The lowest BCUT2D eigenvalue weighted by Gasteiger charge is -2.17. The van der Waals surface area contributed by atoms with E-state index in [1.54, 1.807) is 18.9 Å². The molecule has 1 amide bonds. The van der Waals surface area contributed by atoms with E-state index in [4.69, 9.17) is 0 Å². The van der Waals surface area contributed by atoms with Crippen LogP contribution in [0.4, 0.5) is 0 Å². The van der Waals surface area contributed by atoms with Gasteiger partial charge in [0.25, 0.3) is 0 Å². The molecule has 2 aromatic rings. The van der Waals surface area contributed by atoms with Gasteiger partial charge in [-0.25, -0.2) is 0 Å². The second kappa shape index (κ2) is 6.57. The SMILES string of the molecule is CC(O)CCN(C)C(=O)CCc1c[nH]c2ccccc12. The van der Waals surface area contributed by atoms with Crippen LogP contribution in [0.3, 0.4) is 0 Å². The number of para-hydroxylation sites is 1. The highest BCUT2D eigenvalue weighted by Crippen LogP contribution is 2.19. The number of amides is 1. The molecule has 0 saturated carbocycles. The van der Waals surface area contributed by atoms with Gasteiger partial charge in [0.15, 0.2) is 0 Å². The Hall–Kier alpha value is -1.81. The zero-order chi connectivity index (χ0) is 14.5. The highest BCUT2D eigenvalue weighted by Gasteiger charge is 2.11. The number of fused-ring (bicyclic) bond motifs is 1. The van der Waals surface area contributed by atoms with Crippen LogP contribution in [0.1, 0.15) is 25.3 Å². The van der Waals surface area contributed by atoms with E-state index >= 15 is 0 Å². The van der Waals surface area contributed by atoms with E-state index in [2.05, 4.69) is 11.1 Å². The maximum absolute atomic E-state index is 12.0. The highest BCUT2D eigenvalue weighted by molar-refractivity contribution is 5.84. The predicted octanol–water partition coefficient (Wildman–Crippen LogP) is 2.33. The zero-order valence-corrected chi connectivity index (χ0v) is 12.1. The number of aliphatic hydroxyl groups is 1. The molecule has 1 aromatic carbocycles. The Balaban J connectivity index is 1.90. The summed E-state index contributed by atoms with van der Waals surface area (Å²) >= 11 is 0. The topological polar surface area (TPSA) is 56.3 Å². The number of aromatic amines is 1. The summed E-state index contributed by atoms with van der Waals surface area (Å²) in [5, 5.41) is 10.4. The summed E-state index contributed by atoms with van der Waals surface area (Å²) < 4.78 is 0. The van der Waals surface area contributed by atoms with Crippen LogP contribution in [0.2, 0.25) is 0 Å². The molecule has 1 aromatic heterocycles. The number of carbonyl (C=O) groups is 1. The van der Waals surface area contributed by atoms with Crippen molar-refractivity contribution in [3.05, 3.63) is 36.0 Å². The van der Waals surface area contributed by atoms with E-state index in [1.165, 1.54) is 10.9 Å². The zero-order valence-electron chi connectivity index (χ0n) is 12.1. The van der Waals surface area contributed by atoms with Crippen molar-refractivity contribution < 1.29 is 9.90 Å². The number of hydrogen-bond acceptors (Lipinski definition) is 2. The molecule has 0 aliphatic carbocycles. The van der Waals surface area contributed by atoms with Gasteiger partial charge in [-0.3, -0.25) is 4.79 Å². The van der Waals surface area contributed by atoms with Crippen molar-refractivity contribution in [2.45, 2.75) is 32.3 Å². The molecule has 0 bridgehead atoms. The van der Waals surface area contributed by atoms with E-state index in [0.717, 1.165) is 11.9 Å². The Morgan fingerprint density at radius 3 is 2.90 bits per heavy atom. The summed E-state index contributed by atoms with van der Waals surface area (Å²) in [6.45, 7) is 2.34. The number of aromatic nitrogens is 1. The first-order chi connectivity index (χ1) is 9.58. The molecule has 108 valence electrons. The number of hydrogen-bond donors (Lipinski definition) is 2. The molecule has 0 fully saturated rings. The van der Waals surface area contributed by atoms with Gasteiger partial charge in [0.05, 0.1) is 6.10 Å². The second-order valence-electron chi connectivity index (χ2n) is 5.31. The van der Waals surface area contributed by atoms with Crippen LogP contribution in [0, 0.1) is 0 Å². The van der Waals surface area contributed by atoms with Gasteiger partial charge in [0.2, 0.25) is 5.91 Å². The third-order valence-electron chi connectivity index (χ3n) is 3.59. The third-order valence-corrected chi connectivity index (χ3v) is 3.59. The quantitative estimate of drug-likeness (QED) is 0.849. The first-order valence-corrected chi connectivity index (χ1v) is 7.05. The van der Waals surface area contributed by atoms with Crippen LogP contribution in [0.15, 0.2) is 30.5 Å². The number of nitrogens with one attached hydrogen (secondary N) is 1. The summed E-state index contributed by atoms with van der Waals surface area (Å²) in [5.74, 6) is 0.121. The smallest absolute Gasteiger partial charge is 0.222 e. The molecule has 0 saturated heterocycles. The Bertz CT molecular complexity index is 575. The van der Waals surface area contributed by atoms with E-state index in [9.17, 15) is 9.90 Å². The molecule has 4 nitrogen and oxygen atoms in total. The van der Waals surface area contributed by atoms with Crippen molar-refractivity contribution in [2.24, 2.45) is 0 Å². The minimum atomic E-state index is -0.362. The van der Waals surface area contributed by atoms with E-state index in [0.29, 0.717) is 19.4 Å². The number of benzene rings is 1. The number of aryl methyl sites for hydroxylation is 1. The fourth-order valence-corrected chi connectivity index (χ4v) is 2.28. The lowest BCUT2D eigenvalue weighted by Crippen LogP contribution is -2.29. The largest absolute Gasteiger partial charge is 0.393 e. The summed E-state index contributed by atoms with van der Waals surface area (Å²) in [6, 6.07) is 8.12. The van der Waals surface area contributed by atoms with Gasteiger partial charge in [-0.2, -0.15) is 0 Å². The van der Waals surface area contributed by atoms with Crippen LogP contribution >= 0.6 is 0 Å². The highest BCUT2D eigenvalue weighted by atomic mass is 16.3. The van der Waals surface area contributed by atoms with Gasteiger partial charge in [0, 0.05) is 37.1 Å². The Morgan fingerprint density at radius 2 is 2.15 bits per heavy atom. The lowest BCUT2D eigenvalue weighted by molar-refractivity contribution is -0.130. The number of H-pyrrole nitrogens is 1. The van der Waals surface area contributed by atoms with Crippen molar-refractivity contribution >= 4 is 16.8 Å². The molecule has 1 heterocycles. The summed E-state index contributed by atoms with van der Waals surface area (Å²) in [4.78, 5) is 16.9. The van der Waals surface area contributed by atoms with E-state index < -0.39 is 0 Å². The maximum Gasteiger partial charge on any atom is 0.222 e. The number of rotatable bonds is 6. The molecule has 0 spiro atoms. The fourth-order valence-electron chi connectivity index (χ4n) is 2.28. The lowest BCUT2D eigenvalue weighted by atomic mass is 10.1. The molecule has 0 aliphatic rings. The normalized spacial score (nSPS) is 12.6. The molecule has 4 heteroatoms. The van der Waals surface area contributed by atoms with Crippen LogP contribution in [0.25, 0.3) is 10.9 Å². The van der Waals surface area contributed by atoms with Crippen molar-refractivity contribution in [3.8, 4) is 0 Å². The average molecular weight is 274 g/mol. The summed E-state index contributed by atoms with van der Waals surface area (Å²) in [6.07, 6.45) is 3.47. The molecule has 2 N–H and O–H groups in total. The van der Waals surface area contributed by atoms with Gasteiger partial charge in [-0.15, -0.1) is 0 Å². The van der Waals surface area contributed by atoms with Gasteiger partial charge in [-0.1, -0.05) is 18.2 Å². The molecule has 0 radical (unpaired) electrons. The minimum absolute atomic E-state index is 0.121. The monoisotopic (exact) mass is 274 g/mol. The van der Waals surface area contributed by atoms with E-state index in [-0.39, 0.29) is 12.0 Å². The molecule has 1 unspecified atom stereocenters. The number of nitrogens with zero attached hydrogens (tertiary/aromatic N) is 1. The van der Waals surface area contributed by atoms with E-state index in [1.807, 2.05) is 24.4 Å². The number of carbonyl (C=O) groups excluding carboxylic acids is 1. The van der Waals surface area contributed by atoms with Gasteiger partial charge in [0.1, 0.15) is 0 Å². The van der Waals surface area contributed by atoms with Gasteiger partial charge >= 0.3 is 0 Å². The summed E-state index contributed by atoms with van der Waals surface area (Å²) in [5.41, 5.74) is 2.29. The Labute approximate surface area is 119 Å². The van der Waals surface area contributed by atoms with Crippen molar-refractivity contribution in [1.29, 1.82) is 0 Å². The molecule has 20 heavy (non-hydrogen) atoms. The fraction of sp³-hybridized carbons (Fsp3) is 0.438.